The van der Waals surface area contributed by atoms with E-state index in [1.165, 1.54) is 0 Å². The van der Waals surface area contributed by atoms with Crippen LogP contribution in [0, 0.1) is 0 Å². The Kier molecular flexibility index (Phi) is 7.74. The van der Waals surface area contributed by atoms with Gasteiger partial charge in [-0.15, -0.1) is 23.2 Å². The molecule has 0 fully saturated rings. The van der Waals surface area contributed by atoms with E-state index < -0.39 is 0 Å². The van der Waals surface area contributed by atoms with Crippen LogP contribution in [0.25, 0.3) is 0 Å². The van der Waals surface area contributed by atoms with Crippen LogP contribution in [0.5, 0.6) is 0 Å². The summed E-state index contributed by atoms with van der Waals surface area (Å²) in [5.74, 6) is 0. The van der Waals surface area contributed by atoms with Gasteiger partial charge in [-0.3, -0.25) is 0 Å². The van der Waals surface area contributed by atoms with Crippen molar-refractivity contribution in [2.45, 2.75) is 0 Å². The summed E-state index contributed by atoms with van der Waals surface area (Å²) in [6.07, 6.45) is 7.47. The number of hydrogen-bond acceptors (Lipinski definition) is 1. The van der Waals surface area contributed by atoms with Crippen LogP contribution in [0.2, 0.25) is 0 Å². The van der Waals surface area contributed by atoms with Gasteiger partial charge >= 0.3 is 0 Å². The standard InChI is InChI=1S/C5H6O.CH2Cl2/c1-2-4-6-5-3-1;2-1-3/h1-4H,5H2;1H2. The van der Waals surface area contributed by atoms with Crippen molar-refractivity contribution >= 4 is 23.2 Å². The van der Waals surface area contributed by atoms with E-state index in [2.05, 4.69) is 0 Å². The highest BCUT2D eigenvalue weighted by molar-refractivity contribution is 6.40. The molecule has 0 aromatic carbocycles. The average molecular weight is 167 g/mol. The Morgan fingerprint density at radius 1 is 1.33 bits per heavy atom. The fourth-order valence-corrected chi connectivity index (χ4v) is 0.346. The van der Waals surface area contributed by atoms with Crippen molar-refractivity contribution in [2.75, 3.05) is 11.9 Å². The van der Waals surface area contributed by atoms with Gasteiger partial charge < -0.3 is 4.74 Å². The molecule has 0 saturated carbocycles. The number of halogens is 2. The molecule has 0 saturated heterocycles. The van der Waals surface area contributed by atoms with E-state index in [1.54, 1.807) is 6.26 Å². The molecule has 0 amide bonds. The molecule has 0 aliphatic carbocycles. The summed E-state index contributed by atoms with van der Waals surface area (Å²) in [4.78, 5) is 0. The third-order valence-corrected chi connectivity index (χ3v) is 0.614. The molecule has 0 atom stereocenters. The summed E-state index contributed by atoms with van der Waals surface area (Å²) < 4.78 is 4.80. The second-order valence-electron chi connectivity index (χ2n) is 1.19. The molecule has 1 aliphatic heterocycles. The Morgan fingerprint density at radius 3 is 2.11 bits per heavy atom. The van der Waals surface area contributed by atoms with Gasteiger partial charge in [0.2, 0.25) is 0 Å². The summed E-state index contributed by atoms with van der Waals surface area (Å²) in [7, 11) is 0. The van der Waals surface area contributed by atoms with Gasteiger partial charge in [-0.2, -0.15) is 0 Å². The molecule has 1 rings (SSSR count). The van der Waals surface area contributed by atoms with Gasteiger partial charge in [0.25, 0.3) is 0 Å². The quantitative estimate of drug-likeness (QED) is 0.503. The number of alkyl halides is 2. The van der Waals surface area contributed by atoms with E-state index in [0.717, 1.165) is 6.61 Å². The minimum atomic E-state index is 0.194. The van der Waals surface area contributed by atoms with E-state index in [0.29, 0.717) is 0 Å². The van der Waals surface area contributed by atoms with Crippen molar-refractivity contribution in [3.63, 3.8) is 0 Å². The zero-order valence-electron chi connectivity index (χ0n) is 4.89. The van der Waals surface area contributed by atoms with Crippen molar-refractivity contribution in [1.82, 2.24) is 0 Å². The van der Waals surface area contributed by atoms with Gasteiger partial charge in [-0.1, -0.05) is 6.08 Å². The van der Waals surface area contributed by atoms with Crippen LogP contribution in [-0.2, 0) is 4.74 Å². The Bertz CT molecular complexity index is 87.2. The smallest absolute Gasteiger partial charge is 0.106 e. The highest BCUT2D eigenvalue weighted by Gasteiger charge is 1.75. The van der Waals surface area contributed by atoms with Gasteiger partial charge in [-0.05, 0) is 12.2 Å². The lowest BCUT2D eigenvalue weighted by Gasteiger charge is -1.94. The van der Waals surface area contributed by atoms with Crippen LogP contribution in [-0.4, -0.2) is 11.9 Å². The summed E-state index contributed by atoms with van der Waals surface area (Å²) in [5.41, 5.74) is 0. The Morgan fingerprint density at radius 2 is 2.00 bits per heavy atom. The molecule has 0 bridgehead atoms. The zero-order valence-corrected chi connectivity index (χ0v) is 6.40. The van der Waals surface area contributed by atoms with Crippen LogP contribution in [0.1, 0.15) is 0 Å². The number of rotatable bonds is 0. The predicted octanol–water partition coefficient (Wildman–Crippen LogP) is 2.51. The molecule has 0 radical (unpaired) electrons. The molecule has 0 aromatic rings. The molecule has 9 heavy (non-hydrogen) atoms. The minimum absolute atomic E-state index is 0.194. The molecular formula is C6H8Cl2O. The summed E-state index contributed by atoms with van der Waals surface area (Å²) >= 11 is 9.53. The first kappa shape index (κ1) is 8.86. The van der Waals surface area contributed by atoms with E-state index in [-0.39, 0.29) is 5.34 Å². The molecular weight excluding hydrogens is 159 g/mol. The zero-order chi connectivity index (χ0) is 6.95. The largest absolute Gasteiger partial charge is 0.497 e. The molecule has 0 spiro atoms. The third kappa shape index (κ3) is 7.86. The topological polar surface area (TPSA) is 9.23 Å². The molecule has 0 N–H and O–H groups in total. The number of hydrogen-bond donors (Lipinski definition) is 0. The van der Waals surface area contributed by atoms with Crippen molar-refractivity contribution in [2.24, 2.45) is 0 Å². The Hall–Kier alpha value is -0.140. The number of ether oxygens (including phenoxy) is 1. The van der Waals surface area contributed by atoms with Crippen molar-refractivity contribution < 1.29 is 4.74 Å². The van der Waals surface area contributed by atoms with Crippen molar-refractivity contribution in [3.8, 4) is 0 Å². The first-order valence-electron chi connectivity index (χ1n) is 2.47. The van der Waals surface area contributed by atoms with Gasteiger partial charge in [-0.25, -0.2) is 0 Å². The van der Waals surface area contributed by atoms with Crippen LogP contribution in [0.4, 0.5) is 0 Å². The lowest BCUT2D eigenvalue weighted by atomic mass is 10.5. The highest BCUT2D eigenvalue weighted by Crippen LogP contribution is 1.87. The maximum atomic E-state index is 4.80. The highest BCUT2D eigenvalue weighted by atomic mass is 35.5. The lowest BCUT2D eigenvalue weighted by molar-refractivity contribution is 0.286. The molecule has 0 unspecified atom stereocenters. The van der Waals surface area contributed by atoms with Crippen molar-refractivity contribution in [3.05, 3.63) is 24.5 Å². The number of allylic oxidation sites excluding steroid dienone is 2. The Labute approximate surface area is 64.9 Å². The molecule has 1 aliphatic rings. The lowest BCUT2D eigenvalue weighted by Crippen LogP contribution is -1.82. The summed E-state index contributed by atoms with van der Waals surface area (Å²) in [6.45, 7) is 0.733. The Balaban J connectivity index is 0.000000187. The van der Waals surface area contributed by atoms with E-state index in [1.807, 2.05) is 18.2 Å². The maximum absolute atomic E-state index is 4.80. The van der Waals surface area contributed by atoms with E-state index >= 15 is 0 Å². The molecule has 1 heterocycles. The van der Waals surface area contributed by atoms with E-state index in [9.17, 15) is 0 Å². The fraction of sp³-hybridized carbons (Fsp3) is 0.333. The first-order valence-corrected chi connectivity index (χ1v) is 3.54. The maximum Gasteiger partial charge on any atom is 0.106 e. The summed E-state index contributed by atoms with van der Waals surface area (Å²) in [5, 5.41) is 0.194. The second kappa shape index (κ2) is 7.86. The van der Waals surface area contributed by atoms with Crippen LogP contribution in [0.3, 0.4) is 0 Å². The first-order chi connectivity index (χ1) is 4.41. The fourth-order valence-electron chi connectivity index (χ4n) is 0.346. The van der Waals surface area contributed by atoms with Crippen LogP contribution >= 0.6 is 23.2 Å². The van der Waals surface area contributed by atoms with Gasteiger partial charge in [0.05, 0.1) is 11.6 Å². The second-order valence-corrected chi connectivity index (χ2v) is 2.00. The minimum Gasteiger partial charge on any atom is -0.497 e. The average Bonchev–Trinajstić information content (AvgIpc) is 1.93. The predicted molar refractivity (Wildman–Crippen MR) is 40.8 cm³/mol. The summed E-state index contributed by atoms with van der Waals surface area (Å²) in [6, 6.07) is 0. The van der Waals surface area contributed by atoms with Crippen LogP contribution in [0.15, 0.2) is 24.5 Å². The SMILES string of the molecule is C1=CCOC=C1.ClCCl. The molecule has 0 aromatic heterocycles. The van der Waals surface area contributed by atoms with Crippen molar-refractivity contribution in [1.29, 1.82) is 0 Å². The third-order valence-electron chi connectivity index (χ3n) is 0.614. The van der Waals surface area contributed by atoms with Gasteiger partial charge in [0.15, 0.2) is 0 Å². The monoisotopic (exact) mass is 166 g/mol. The van der Waals surface area contributed by atoms with Gasteiger partial charge in [0.1, 0.15) is 6.61 Å². The van der Waals surface area contributed by atoms with Gasteiger partial charge in [0, 0.05) is 0 Å². The normalized spacial score (nSPS) is 13.6. The van der Waals surface area contributed by atoms with Crippen LogP contribution < -0.4 is 0 Å². The molecule has 1 nitrogen and oxygen atoms in total. The molecule has 3 heteroatoms. The molecule has 52 valence electrons. The van der Waals surface area contributed by atoms with E-state index in [4.69, 9.17) is 27.9 Å².